The Hall–Kier alpha value is -6.12. The molecule has 0 bridgehead atoms. The van der Waals surface area contributed by atoms with Crippen LogP contribution in [0.5, 0.6) is 0 Å². The summed E-state index contributed by atoms with van der Waals surface area (Å²) in [5, 5.41) is 9.13. The minimum Gasteiger partial charge on any atom is -0.456 e. The number of hydrogen-bond acceptors (Lipinski definition) is 2. The quantitative estimate of drug-likeness (QED) is 0.193. The van der Waals surface area contributed by atoms with E-state index in [9.17, 15) is 0 Å². The molecule has 0 atom stereocenters. The van der Waals surface area contributed by atoms with Gasteiger partial charge >= 0.3 is 0 Å². The van der Waals surface area contributed by atoms with Gasteiger partial charge in [-0.05, 0) is 62.0 Å². The molecule has 2 nitrogen and oxygen atoms in total. The minimum absolute atomic E-state index is 0.839. The second-order valence-electron chi connectivity index (χ2n) is 12.0. The van der Waals surface area contributed by atoms with Crippen molar-refractivity contribution >= 4 is 65.4 Å². The Balaban J connectivity index is 1.33. The number of hydrogen-bond donors (Lipinski definition) is 0. The molecule has 0 N–H and O–H groups in total. The lowest BCUT2D eigenvalue weighted by atomic mass is 9.83. The van der Waals surface area contributed by atoms with E-state index in [-0.39, 0.29) is 0 Å². The summed E-state index contributed by atoms with van der Waals surface area (Å²) in [6, 6.07) is 56.1. The lowest BCUT2D eigenvalue weighted by molar-refractivity contribution is 0.663. The van der Waals surface area contributed by atoms with Crippen LogP contribution in [0.1, 0.15) is 0 Å². The van der Waals surface area contributed by atoms with Crippen LogP contribution in [0.4, 0.5) is 0 Å². The molecule has 214 valence electrons. The molecule has 0 aliphatic rings. The second kappa shape index (κ2) is 9.69. The Morgan fingerprint density at radius 3 is 1.52 bits per heavy atom. The van der Waals surface area contributed by atoms with E-state index in [0.29, 0.717) is 0 Å². The first-order valence-corrected chi connectivity index (χ1v) is 15.7. The first kappa shape index (κ1) is 25.2. The van der Waals surface area contributed by atoms with E-state index in [1.165, 1.54) is 49.4 Å². The highest BCUT2D eigenvalue weighted by Gasteiger charge is 2.22. The average molecular weight is 587 g/mol. The zero-order valence-electron chi connectivity index (χ0n) is 24.8. The van der Waals surface area contributed by atoms with Crippen molar-refractivity contribution in [2.45, 2.75) is 0 Å². The van der Waals surface area contributed by atoms with Gasteiger partial charge in [0, 0.05) is 27.3 Å². The number of para-hydroxylation sites is 2. The molecule has 0 saturated carbocycles. The normalized spacial score (nSPS) is 11.9. The Labute approximate surface area is 264 Å². The zero-order chi connectivity index (χ0) is 30.2. The second-order valence-corrected chi connectivity index (χ2v) is 12.0. The molecule has 0 fully saturated rings. The zero-order valence-corrected chi connectivity index (χ0v) is 24.8. The van der Waals surface area contributed by atoms with Gasteiger partial charge in [-0.3, -0.25) is 0 Å². The van der Waals surface area contributed by atoms with Crippen LogP contribution in [0.2, 0.25) is 0 Å². The van der Waals surface area contributed by atoms with Gasteiger partial charge in [-0.1, -0.05) is 140 Å². The van der Waals surface area contributed by atoms with Crippen molar-refractivity contribution in [2.75, 3.05) is 0 Å². The van der Waals surface area contributed by atoms with Gasteiger partial charge in [-0.25, -0.2) is 0 Å². The van der Waals surface area contributed by atoms with Crippen molar-refractivity contribution in [1.82, 2.24) is 0 Å². The molecule has 0 radical (unpaired) electrons. The minimum atomic E-state index is 0.839. The molecule has 8 aromatic carbocycles. The molecule has 2 aromatic heterocycles. The van der Waals surface area contributed by atoms with Crippen LogP contribution < -0.4 is 0 Å². The van der Waals surface area contributed by atoms with Gasteiger partial charge in [0.2, 0.25) is 0 Å². The van der Waals surface area contributed by atoms with Crippen LogP contribution in [0.3, 0.4) is 0 Å². The SMILES string of the molecule is c1ccc(-c2ccccc2-c2c3ccccc3c(-c3cccc4c3oc3c4ccc4oc5ccccc5c43)c3ccccc23)cc1. The third-order valence-corrected chi connectivity index (χ3v) is 9.49. The third kappa shape index (κ3) is 3.53. The molecule has 0 aliphatic heterocycles. The fourth-order valence-corrected chi connectivity index (χ4v) is 7.54. The lowest BCUT2D eigenvalue weighted by Gasteiger charge is -2.19. The largest absolute Gasteiger partial charge is 0.456 e. The molecule has 10 aromatic rings. The van der Waals surface area contributed by atoms with Crippen molar-refractivity contribution in [2.24, 2.45) is 0 Å². The number of rotatable bonds is 3. The summed E-state index contributed by atoms with van der Waals surface area (Å²) in [7, 11) is 0. The molecule has 2 heteroatoms. The maximum absolute atomic E-state index is 6.95. The summed E-state index contributed by atoms with van der Waals surface area (Å²) in [4.78, 5) is 0. The lowest BCUT2D eigenvalue weighted by Crippen LogP contribution is -1.92. The Bertz CT molecular complexity index is 2740. The topological polar surface area (TPSA) is 26.3 Å². The van der Waals surface area contributed by atoms with E-state index in [2.05, 4.69) is 146 Å². The maximum atomic E-state index is 6.95. The van der Waals surface area contributed by atoms with Crippen LogP contribution in [0.15, 0.2) is 167 Å². The summed E-state index contributed by atoms with van der Waals surface area (Å²) in [6.07, 6.45) is 0. The Morgan fingerprint density at radius 1 is 0.283 bits per heavy atom. The van der Waals surface area contributed by atoms with Gasteiger partial charge < -0.3 is 8.83 Å². The molecule has 0 saturated heterocycles. The molecular formula is C44H26O2. The molecule has 2 heterocycles. The molecule has 46 heavy (non-hydrogen) atoms. The first-order valence-electron chi connectivity index (χ1n) is 15.7. The van der Waals surface area contributed by atoms with Gasteiger partial charge in [0.25, 0.3) is 0 Å². The number of benzene rings is 8. The number of furan rings is 2. The van der Waals surface area contributed by atoms with Gasteiger partial charge in [0.1, 0.15) is 22.3 Å². The van der Waals surface area contributed by atoms with Gasteiger partial charge in [0.15, 0.2) is 0 Å². The highest BCUT2D eigenvalue weighted by molar-refractivity contribution is 6.27. The van der Waals surface area contributed by atoms with E-state index < -0.39 is 0 Å². The fraction of sp³-hybridized carbons (Fsp3) is 0. The van der Waals surface area contributed by atoms with Gasteiger partial charge in [0.05, 0.1) is 5.39 Å². The van der Waals surface area contributed by atoms with E-state index in [1.54, 1.807) is 0 Å². The van der Waals surface area contributed by atoms with Crippen LogP contribution in [-0.4, -0.2) is 0 Å². The molecular weight excluding hydrogens is 560 g/mol. The summed E-state index contributed by atoms with van der Waals surface area (Å²) in [5.74, 6) is 0. The molecule has 0 unspecified atom stereocenters. The van der Waals surface area contributed by atoms with Crippen molar-refractivity contribution < 1.29 is 8.83 Å². The number of fused-ring (bicyclic) bond motifs is 9. The fourth-order valence-electron chi connectivity index (χ4n) is 7.54. The molecule has 0 spiro atoms. The summed E-state index contributed by atoms with van der Waals surface area (Å²) in [5.41, 5.74) is 10.6. The Kier molecular flexibility index (Phi) is 5.31. The van der Waals surface area contributed by atoms with E-state index in [4.69, 9.17) is 8.83 Å². The maximum Gasteiger partial charge on any atom is 0.147 e. The van der Waals surface area contributed by atoms with Gasteiger partial charge in [-0.15, -0.1) is 0 Å². The first-order chi connectivity index (χ1) is 22.8. The van der Waals surface area contributed by atoms with Gasteiger partial charge in [-0.2, -0.15) is 0 Å². The van der Waals surface area contributed by atoms with Crippen molar-refractivity contribution in [3.05, 3.63) is 158 Å². The summed E-state index contributed by atoms with van der Waals surface area (Å²) < 4.78 is 13.2. The Morgan fingerprint density at radius 2 is 0.804 bits per heavy atom. The van der Waals surface area contributed by atoms with Crippen molar-refractivity contribution in [3.8, 4) is 33.4 Å². The monoisotopic (exact) mass is 586 g/mol. The van der Waals surface area contributed by atoms with Crippen LogP contribution in [-0.2, 0) is 0 Å². The van der Waals surface area contributed by atoms with Crippen molar-refractivity contribution in [3.63, 3.8) is 0 Å². The predicted octanol–water partition coefficient (Wildman–Crippen LogP) is 12.8. The predicted molar refractivity (Wildman–Crippen MR) is 192 cm³/mol. The highest BCUT2D eigenvalue weighted by atomic mass is 16.3. The molecule has 0 amide bonds. The summed E-state index contributed by atoms with van der Waals surface area (Å²) >= 11 is 0. The molecule has 10 rings (SSSR count). The van der Waals surface area contributed by atoms with Crippen LogP contribution >= 0.6 is 0 Å². The van der Waals surface area contributed by atoms with E-state index in [1.807, 2.05) is 12.1 Å². The highest BCUT2D eigenvalue weighted by Crippen LogP contribution is 2.48. The molecule has 0 aliphatic carbocycles. The van der Waals surface area contributed by atoms with Crippen molar-refractivity contribution in [1.29, 1.82) is 0 Å². The van der Waals surface area contributed by atoms with E-state index >= 15 is 0 Å². The smallest absolute Gasteiger partial charge is 0.147 e. The third-order valence-electron chi connectivity index (χ3n) is 9.49. The van der Waals surface area contributed by atoms with Crippen LogP contribution in [0.25, 0.3) is 98.8 Å². The standard InChI is InChI=1S/C44H26O2/c1-2-13-27(14-3-1)28-15-4-5-16-29(28)40-30-17-6-8-19-32(30)41(33-20-9-7-18-31(33)40)37-23-12-22-34-35-25-26-39-42(44(35)46-43(34)37)36-21-10-11-24-38(36)45-39/h1-26H. The van der Waals surface area contributed by atoms with Crippen LogP contribution in [0, 0.1) is 0 Å². The summed E-state index contributed by atoms with van der Waals surface area (Å²) in [6.45, 7) is 0. The van der Waals surface area contributed by atoms with E-state index in [0.717, 1.165) is 49.4 Å². The average Bonchev–Trinajstić information content (AvgIpc) is 3.70.